The molecule has 6 nitrogen and oxygen atoms in total. The van der Waals surface area contributed by atoms with Gasteiger partial charge in [0.25, 0.3) is 0 Å². The van der Waals surface area contributed by atoms with Gasteiger partial charge in [-0.3, -0.25) is 0 Å². The molecule has 0 bridgehead atoms. The fourth-order valence-electron chi connectivity index (χ4n) is 0.632. The van der Waals surface area contributed by atoms with Crippen LogP contribution < -0.4 is 0 Å². The van der Waals surface area contributed by atoms with Crippen LogP contribution in [0.15, 0.2) is 11.8 Å². The minimum absolute atomic E-state index is 0.0131. The topological polar surface area (TPSA) is 93.1 Å². The maximum absolute atomic E-state index is 10.4. The monoisotopic (exact) mass is 204 g/mol. The van der Waals surface area contributed by atoms with Gasteiger partial charge in [-0.2, -0.15) is 0 Å². The summed E-state index contributed by atoms with van der Waals surface area (Å²) in [5, 5.41) is 16.8. The van der Waals surface area contributed by atoms with E-state index in [1.807, 2.05) is 0 Å². The van der Waals surface area contributed by atoms with Crippen molar-refractivity contribution in [2.75, 3.05) is 19.8 Å². The highest BCUT2D eigenvalue weighted by Crippen LogP contribution is 1.97. The van der Waals surface area contributed by atoms with E-state index in [1.54, 1.807) is 6.92 Å². The van der Waals surface area contributed by atoms with Crippen LogP contribution in [0.5, 0.6) is 0 Å². The summed E-state index contributed by atoms with van der Waals surface area (Å²) >= 11 is 0. The molecule has 6 heteroatoms. The molecular weight excluding hydrogens is 192 g/mol. The van der Waals surface area contributed by atoms with Gasteiger partial charge in [-0.25, -0.2) is 9.59 Å². The minimum atomic E-state index is -1.41. The molecule has 0 fully saturated rings. The molecule has 0 amide bonds. The van der Waals surface area contributed by atoms with Crippen molar-refractivity contribution in [1.82, 2.24) is 0 Å². The molecule has 0 aromatic heterocycles. The highest BCUT2D eigenvalue weighted by atomic mass is 16.5. The van der Waals surface area contributed by atoms with E-state index in [9.17, 15) is 9.59 Å². The van der Waals surface area contributed by atoms with E-state index in [4.69, 9.17) is 14.9 Å². The van der Waals surface area contributed by atoms with E-state index in [-0.39, 0.29) is 13.2 Å². The summed E-state index contributed by atoms with van der Waals surface area (Å²) in [6, 6.07) is 0. The number of ether oxygens (including phenoxy) is 2. The molecule has 0 unspecified atom stereocenters. The third-order valence-electron chi connectivity index (χ3n) is 1.15. The van der Waals surface area contributed by atoms with Crippen LogP contribution in [0.3, 0.4) is 0 Å². The molecule has 80 valence electrons. The van der Waals surface area contributed by atoms with Gasteiger partial charge in [0, 0.05) is 6.61 Å². The molecule has 0 radical (unpaired) electrons. The fourth-order valence-corrected chi connectivity index (χ4v) is 0.632. The zero-order valence-electron chi connectivity index (χ0n) is 7.73. The van der Waals surface area contributed by atoms with Crippen LogP contribution in [0.4, 0.5) is 0 Å². The first kappa shape index (κ1) is 12.4. The van der Waals surface area contributed by atoms with Gasteiger partial charge in [-0.05, 0) is 6.92 Å². The van der Waals surface area contributed by atoms with E-state index in [2.05, 4.69) is 4.74 Å². The normalized spacial score (nSPS) is 11.1. The lowest BCUT2D eigenvalue weighted by Gasteiger charge is -2.05. The number of hydrogen-bond acceptors (Lipinski definition) is 4. The summed E-state index contributed by atoms with van der Waals surface area (Å²) in [6.07, 6.45) is 0.494. The average Bonchev–Trinajstić information content (AvgIpc) is 2.09. The Balaban J connectivity index is 3.99. The van der Waals surface area contributed by atoms with Gasteiger partial charge in [0.2, 0.25) is 5.76 Å². The minimum Gasteiger partial charge on any atom is -0.484 e. The third kappa shape index (κ3) is 6.01. The maximum Gasteiger partial charge on any atom is 0.371 e. The van der Waals surface area contributed by atoms with Gasteiger partial charge in [-0.15, -0.1) is 0 Å². The van der Waals surface area contributed by atoms with Crippen LogP contribution in [-0.2, 0) is 19.1 Å². The smallest absolute Gasteiger partial charge is 0.371 e. The van der Waals surface area contributed by atoms with Crippen LogP contribution in [0, 0.1) is 0 Å². The zero-order valence-corrected chi connectivity index (χ0v) is 7.73. The first-order valence-electron chi connectivity index (χ1n) is 3.96. The summed E-state index contributed by atoms with van der Waals surface area (Å²) in [5.74, 6) is -3.38. The Morgan fingerprint density at radius 1 is 1.29 bits per heavy atom. The van der Waals surface area contributed by atoms with Gasteiger partial charge in [-0.1, -0.05) is 0 Å². The van der Waals surface area contributed by atoms with Gasteiger partial charge in [0.1, 0.15) is 6.61 Å². The summed E-state index contributed by atoms with van der Waals surface area (Å²) in [5.41, 5.74) is 0. The molecule has 0 aromatic carbocycles. The predicted molar refractivity (Wildman–Crippen MR) is 45.8 cm³/mol. The second kappa shape index (κ2) is 6.90. The van der Waals surface area contributed by atoms with Gasteiger partial charge >= 0.3 is 11.9 Å². The highest BCUT2D eigenvalue weighted by Gasteiger charge is 2.10. The van der Waals surface area contributed by atoms with Crippen molar-refractivity contribution in [3.05, 3.63) is 11.8 Å². The quantitative estimate of drug-likeness (QED) is 0.347. The molecule has 0 aliphatic rings. The number of aliphatic carboxylic acids is 2. The van der Waals surface area contributed by atoms with E-state index in [1.165, 1.54) is 0 Å². The van der Waals surface area contributed by atoms with Crippen LogP contribution in [0.25, 0.3) is 0 Å². The number of carboxylic acids is 2. The Bertz CT molecular complexity index is 232. The summed E-state index contributed by atoms with van der Waals surface area (Å²) in [4.78, 5) is 20.6. The Morgan fingerprint density at radius 2 is 1.93 bits per heavy atom. The molecule has 0 rings (SSSR count). The second-order valence-corrected chi connectivity index (χ2v) is 2.20. The molecule has 0 aliphatic carbocycles. The molecule has 14 heavy (non-hydrogen) atoms. The van der Waals surface area contributed by atoms with Crippen molar-refractivity contribution in [1.29, 1.82) is 0 Å². The standard InChI is InChI=1S/C8H12O6/c1-2-13-3-4-14-6(8(11)12)5-7(9)10/h5H,2-4H2,1H3,(H,9,10)(H,11,12). The van der Waals surface area contributed by atoms with Crippen molar-refractivity contribution in [2.45, 2.75) is 6.92 Å². The largest absolute Gasteiger partial charge is 0.484 e. The van der Waals surface area contributed by atoms with E-state index < -0.39 is 17.7 Å². The summed E-state index contributed by atoms with van der Waals surface area (Å²) < 4.78 is 9.55. The lowest BCUT2D eigenvalue weighted by atomic mass is 10.4. The van der Waals surface area contributed by atoms with Gasteiger partial charge in [0.05, 0.1) is 12.7 Å². The van der Waals surface area contributed by atoms with E-state index in [0.29, 0.717) is 12.7 Å². The number of carbonyl (C=O) groups is 2. The third-order valence-corrected chi connectivity index (χ3v) is 1.15. The highest BCUT2D eigenvalue weighted by molar-refractivity contribution is 5.92. The molecule has 0 heterocycles. The fraction of sp³-hybridized carbons (Fsp3) is 0.500. The first-order valence-corrected chi connectivity index (χ1v) is 3.96. The van der Waals surface area contributed by atoms with Crippen molar-refractivity contribution in [2.24, 2.45) is 0 Å². The van der Waals surface area contributed by atoms with Crippen molar-refractivity contribution in [3.63, 3.8) is 0 Å². The molecule has 0 saturated carbocycles. The maximum atomic E-state index is 10.4. The number of carboxylic acid groups (broad SMARTS) is 2. The zero-order chi connectivity index (χ0) is 11.0. The molecular formula is C8H12O6. The van der Waals surface area contributed by atoms with Crippen molar-refractivity contribution in [3.8, 4) is 0 Å². The lowest BCUT2D eigenvalue weighted by Crippen LogP contribution is -2.11. The summed E-state index contributed by atoms with van der Waals surface area (Å²) in [6.45, 7) is 2.51. The first-order chi connectivity index (χ1) is 6.57. The molecule has 0 atom stereocenters. The predicted octanol–water partition coefficient (Wildman–Crippen LogP) is 0.0926. The number of rotatable bonds is 7. The molecule has 0 saturated heterocycles. The average molecular weight is 204 g/mol. The van der Waals surface area contributed by atoms with E-state index in [0.717, 1.165) is 0 Å². The number of hydrogen-bond donors (Lipinski definition) is 2. The Hall–Kier alpha value is -1.56. The van der Waals surface area contributed by atoms with Gasteiger partial charge in [0.15, 0.2) is 0 Å². The Labute approximate surface area is 80.7 Å². The molecule has 0 aliphatic heterocycles. The summed E-state index contributed by atoms with van der Waals surface area (Å²) in [7, 11) is 0. The molecule has 2 N–H and O–H groups in total. The van der Waals surface area contributed by atoms with E-state index >= 15 is 0 Å². The van der Waals surface area contributed by atoms with Crippen LogP contribution in [0.2, 0.25) is 0 Å². The molecule has 0 spiro atoms. The van der Waals surface area contributed by atoms with Crippen molar-refractivity contribution < 1.29 is 29.3 Å². The van der Waals surface area contributed by atoms with Gasteiger partial charge < -0.3 is 19.7 Å². The van der Waals surface area contributed by atoms with Crippen LogP contribution in [-0.4, -0.2) is 42.0 Å². The Morgan fingerprint density at radius 3 is 2.36 bits per heavy atom. The second-order valence-electron chi connectivity index (χ2n) is 2.20. The SMILES string of the molecule is CCOCCOC(=CC(=O)O)C(=O)O. The van der Waals surface area contributed by atoms with Crippen LogP contribution in [0.1, 0.15) is 6.92 Å². The molecule has 0 aromatic rings. The Kier molecular flexibility index (Phi) is 6.13. The van der Waals surface area contributed by atoms with Crippen LogP contribution >= 0.6 is 0 Å². The lowest BCUT2D eigenvalue weighted by molar-refractivity contribution is -0.138. The van der Waals surface area contributed by atoms with Crippen molar-refractivity contribution >= 4 is 11.9 Å².